The van der Waals surface area contributed by atoms with E-state index in [4.69, 9.17) is 15.3 Å². The molecule has 2 aromatic rings. The molecule has 0 aromatic carbocycles. The topological polar surface area (TPSA) is 78.9 Å². The number of hydrogen-bond acceptors (Lipinski definition) is 5. The van der Waals surface area contributed by atoms with Crippen LogP contribution in [0.5, 0.6) is 0 Å². The number of aromatic nitrogens is 4. The molecule has 138 valence electrons. The highest BCUT2D eigenvalue weighted by Crippen LogP contribution is 2.41. The molecule has 0 radical (unpaired) electrons. The SMILES string of the molecule is CC(C)(C)[Si](C)(C)O[C@@H]1CCC[C@@H](n2nc(I)c3c(N)ncnc32)C1. The third kappa shape index (κ3) is 3.71. The van der Waals surface area contributed by atoms with Gasteiger partial charge in [0.15, 0.2) is 14.0 Å². The van der Waals surface area contributed by atoms with Crippen LogP contribution in [0.25, 0.3) is 11.0 Å². The molecule has 1 aliphatic rings. The number of nitrogens with zero attached hydrogens (tertiary/aromatic N) is 4. The molecule has 8 heteroatoms. The maximum Gasteiger partial charge on any atom is 0.192 e. The summed E-state index contributed by atoms with van der Waals surface area (Å²) in [6.45, 7) is 11.5. The average Bonchev–Trinajstić information content (AvgIpc) is 2.84. The predicted octanol–water partition coefficient (Wildman–Crippen LogP) is 4.52. The lowest BCUT2D eigenvalue weighted by molar-refractivity contribution is 0.109. The molecule has 6 nitrogen and oxygen atoms in total. The molecule has 0 bridgehead atoms. The minimum Gasteiger partial charge on any atom is -0.414 e. The second-order valence-electron chi connectivity index (χ2n) is 8.51. The quantitative estimate of drug-likeness (QED) is 0.524. The van der Waals surface area contributed by atoms with Crippen LogP contribution in [0.3, 0.4) is 0 Å². The summed E-state index contributed by atoms with van der Waals surface area (Å²) >= 11 is 2.22. The van der Waals surface area contributed by atoms with Gasteiger partial charge in [0, 0.05) is 6.10 Å². The Labute approximate surface area is 164 Å². The molecular formula is C17H28IN5OSi. The fourth-order valence-corrected chi connectivity index (χ4v) is 5.40. The molecule has 25 heavy (non-hydrogen) atoms. The number of hydrogen-bond donors (Lipinski definition) is 1. The zero-order chi connectivity index (χ0) is 18.4. The molecule has 0 amide bonds. The monoisotopic (exact) mass is 473 g/mol. The van der Waals surface area contributed by atoms with Crippen molar-refractivity contribution in [3.8, 4) is 0 Å². The molecule has 2 heterocycles. The summed E-state index contributed by atoms with van der Waals surface area (Å²) < 4.78 is 9.60. The first kappa shape index (κ1) is 19.0. The van der Waals surface area contributed by atoms with Crippen LogP contribution in [-0.2, 0) is 4.43 Å². The first-order valence-corrected chi connectivity index (χ1v) is 12.9. The Balaban J connectivity index is 1.84. The molecule has 3 rings (SSSR count). The molecule has 0 saturated heterocycles. The van der Waals surface area contributed by atoms with Gasteiger partial charge < -0.3 is 10.2 Å². The smallest absolute Gasteiger partial charge is 0.192 e. The van der Waals surface area contributed by atoms with Crippen LogP contribution in [0.4, 0.5) is 5.82 Å². The maximum atomic E-state index is 6.68. The van der Waals surface area contributed by atoms with Crippen LogP contribution in [-0.4, -0.2) is 34.2 Å². The second kappa shape index (κ2) is 6.77. The Morgan fingerprint density at radius 3 is 2.68 bits per heavy atom. The lowest BCUT2D eigenvalue weighted by atomic mass is 9.93. The van der Waals surface area contributed by atoms with Crippen LogP contribution in [0.2, 0.25) is 18.1 Å². The van der Waals surface area contributed by atoms with Crippen molar-refractivity contribution in [2.24, 2.45) is 0 Å². The van der Waals surface area contributed by atoms with Gasteiger partial charge in [-0.3, -0.25) is 0 Å². The van der Waals surface area contributed by atoms with E-state index in [9.17, 15) is 0 Å². The summed E-state index contributed by atoms with van der Waals surface area (Å²) in [4.78, 5) is 8.56. The van der Waals surface area contributed by atoms with E-state index in [2.05, 4.69) is 71.1 Å². The Kier molecular flexibility index (Phi) is 5.15. The summed E-state index contributed by atoms with van der Waals surface area (Å²) in [5.74, 6) is 0.505. The van der Waals surface area contributed by atoms with Crippen LogP contribution in [0, 0.1) is 3.70 Å². The molecule has 0 spiro atoms. The summed E-state index contributed by atoms with van der Waals surface area (Å²) in [7, 11) is -1.76. The highest BCUT2D eigenvalue weighted by molar-refractivity contribution is 14.1. The van der Waals surface area contributed by atoms with Gasteiger partial charge in [-0.15, -0.1) is 0 Å². The minimum absolute atomic E-state index is 0.232. The Morgan fingerprint density at radius 2 is 2.00 bits per heavy atom. The van der Waals surface area contributed by atoms with E-state index in [1.54, 1.807) is 0 Å². The highest BCUT2D eigenvalue weighted by atomic mass is 127. The van der Waals surface area contributed by atoms with Crippen LogP contribution in [0.1, 0.15) is 52.5 Å². The maximum absolute atomic E-state index is 6.68. The lowest BCUT2D eigenvalue weighted by Crippen LogP contribution is -2.45. The molecule has 1 saturated carbocycles. The first-order valence-electron chi connectivity index (χ1n) is 8.92. The van der Waals surface area contributed by atoms with Gasteiger partial charge in [0.05, 0.1) is 11.4 Å². The summed E-state index contributed by atoms with van der Waals surface area (Å²) in [6, 6.07) is 0.309. The first-order chi connectivity index (χ1) is 11.6. The zero-order valence-electron chi connectivity index (χ0n) is 15.7. The van der Waals surface area contributed by atoms with Gasteiger partial charge >= 0.3 is 0 Å². The van der Waals surface area contributed by atoms with E-state index in [0.29, 0.717) is 18.0 Å². The number of nitrogen functional groups attached to an aromatic ring is 1. The van der Waals surface area contributed by atoms with Gasteiger partial charge in [-0.05, 0) is 66.4 Å². The number of halogens is 1. The zero-order valence-corrected chi connectivity index (χ0v) is 18.9. The van der Waals surface area contributed by atoms with Crippen molar-refractivity contribution in [3.63, 3.8) is 0 Å². The number of fused-ring (bicyclic) bond motifs is 1. The van der Waals surface area contributed by atoms with Crippen LogP contribution >= 0.6 is 22.6 Å². The standard InChI is InChI=1S/C17H28IN5OSi/c1-17(2,3)25(4,5)24-12-8-6-7-11(9-12)23-16-13(14(18)22-23)15(19)20-10-21-16/h10-12H,6-9H2,1-5H3,(H2,19,20,21)/t11-,12-/m1/s1. The molecule has 2 aromatic heterocycles. The van der Waals surface area contributed by atoms with Crippen molar-refractivity contribution in [2.45, 2.75) is 76.7 Å². The lowest BCUT2D eigenvalue weighted by Gasteiger charge is -2.41. The van der Waals surface area contributed by atoms with Gasteiger partial charge in [-0.2, -0.15) is 5.10 Å². The molecule has 2 N–H and O–H groups in total. The fourth-order valence-electron chi connectivity index (χ4n) is 3.25. The van der Waals surface area contributed by atoms with E-state index in [1.807, 2.05) is 0 Å². The van der Waals surface area contributed by atoms with Crippen molar-refractivity contribution in [1.29, 1.82) is 0 Å². The predicted molar refractivity (Wildman–Crippen MR) is 112 cm³/mol. The van der Waals surface area contributed by atoms with Crippen molar-refractivity contribution in [2.75, 3.05) is 5.73 Å². The molecule has 1 aliphatic carbocycles. The third-order valence-corrected chi connectivity index (χ3v) is 11.0. The number of anilines is 1. The fraction of sp³-hybridized carbons (Fsp3) is 0.706. The Morgan fingerprint density at radius 1 is 1.28 bits per heavy atom. The highest BCUT2D eigenvalue weighted by Gasteiger charge is 2.40. The van der Waals surface area contributed by atoms with E-state index in [1.165, 1.54) is 6.33 Å². The van der Waals surface area contributed by atoms with E-state index in [-0.39, 0.29) is 5.04 Å². The molecular weight excluding hydrogens is 445 g/mol. The normalized spacial score (nSPS) is 22.5. The minimum atomic E-state index is -1.76. The van der Waals surface area contributed by atoms with Gasteiger partial charge in [-0.25, -0.2) is 14.6 Å². The Bertz CT molecular complexity index is 770. The Hall–Kier alpha value is -0.743. The molecule has 2 atom stereocenters. The van der Waals surface area contributed by atoms with Crippen LogP contribution in [0.15, 0.2) is 6.33 Å². The van der Waals surface area contributed by atoms with Gasteiger partial charge in [0.25, 0.3) is 0 Å². The van der Waals surface area contributed by atoms with Gasteiger partial charge in [0.1, 0.15) is 15.8 Å². The van der Waals surface area contributed by atoms with E-state index < -0.39 is 8.32 Å². The van der Waals surface area contributed by atoms with Gasteiger partial charge in [-0.1, -0.05) is 20.8 Å². The molecule has 1 fully saturated rings. The largest absolute Gasteiger partial charge is 0.414 e. The number of nitrogens with two attached hydrogens (primary N) is 1. The summed E-state index contributed by atoms with van der Waals surface area (Å²) in [6.07, 6.45) is 6.21. The van der Waals surface area contributed by atoms with Crippen molar-refractivity contribution in [3.05, 3.63) is 10.0 Å². The third-order valence-electron chi connectivity index (χ3n) is 5.69. The molecule has 0 unspecified atom stereocenters. The summed E-state index contributed by atoms with van der Waals surface area (Å²) in [5.41, 5.74) is 6.87. The van der Waals surface area contributed by atoms with Crippen LogP contribution < -0.4 is 5.73 Å². The van der Waals surface area contributed by atoms with E-state index in [0.717, 1.165) is 40.4 Å². The van der Waals surface area contributed by atoms with E-state index >= 15 is 0 Å². The van der Waals surface area contributed by atoms with Crippen molar-refractivity contribution in [1.82, 2.24) is 19.7 Å². The molecule has 0 aliphatic heterocycles. The average molecular weight is 473 g/mol. The second-order valence-corrected chi connectivity index (χ2v) is 14.3. The van der Waals surface area contributed by atoms with Crippen molar-refractivity contribution >= 4 is 47.8 Å². The van der Waals surface area contributed by atoms with Crippen molar-refractivity contribution < 1.29 is 4.43 Å². The summed E-state index contributed by atoms with van der Waals surface area (Å²) in [5, 5.41) is 5.83. The number of rotatable bonds is 3. The van der Waals surface area contributed by atoms with Gasteiger partial charge in [0.2, 0.25) is 0 Å².